The lowest BCUT2D eigenvalue weighted by Crippen LogP contribution is -1.99. The molecule has 0 saturated carbocycles. The van der Waals surface area contributed by atoms with Crippen LogP contribution < -0.4 is 5.32 Å². The Morgan fingerprint density at radius 1 is 1.57 bits per heavy atom. The standard InChI is InChI=1S/C14H15N7O2/c1-2-3-4-10-5-6-12(13(7-10)21(22)23)16-9-11(8-15)14-17-19-20-18-14/h5-7,9,16H,2-4H2,1H3,(H,17,18,19,20). The zero-order valence-corrected chi connectivity index (χ0v) is 12.5. The van der Waals surface area contributed by atoms with Crippen LogP contribution >= 0.6 is 0 Å². The lowest BCUT2D eigenvalue weighted by atomic mass is 10.1. The van der Waals surface area contributed by atoms with Gasteiger partial charge in [0.05, 0.1) is 4.92 Å². The highest BCUT2D eigenvalue weighted by molar-refractivity contribution is 5.75. The number of benzene rings is 1. The first kappa shape index (κ1) is 16.1. The molecule has 118 valence electrons. The zero-order valence-electron chi connectivity index (χ0n) is 12.5. The summed E-state index contributed by atoms with van der Waals surface area (Å²) in [7, 11) is 0. The summed E-state index contributed by atoms with van der Waals surface area (Å²) < 4.78 is 0. The summed E-state index contributed by atoms with van der Waals surface area (Å²) in [6.07, 6.45) is 4.10. The van der Waals surface area contributed by atoms with Crippen LogP contribution in [-0.4, -0.2) is 25.5 Å². The highest BCUT2D eigenvalue weighted by Crippen LogP contribution is 2.26. The summed E-state index contributed by atoms with van der Waals surface area (Å²) in [4.78, 5) is 10.8. The summed E-state index contributed by atoms with van der Waals surface area (Å²) in [5, 5.41) is 36.1. The number of aromatic amines is 1. The van der Waals surface area contributed by atoms with Gasteiger partial charge in [-0.2, -0.15) is 10.5 Å². The summed E-state index contributed by atoms with van der Waals surface area (Å²) in [5.74, 6) is 0.113. The number of nitrogens with one attached hydrogen (secondary N) is 2. The SMILES string of the molecule is CCCCc1ccc(NC=C(C#N)c2nn[nH]n2)c([N+](=O)[O-])c1. The Kier molecular flexibility index (Phi) is 5.35. The van der Waals surface area contributed by atoms with Gasteiger partial charge in [-0.3, -0.25) is 10.1 Å². The van der Waals surface area contributed by atoms with Crippen molar-refractivity contribution in [3.63, 3.8) is 0 Å². The molecule has 9 nitrogen and oxygen atoms in total. The van der Waals surface area contributed by atoms with Crippen molar-refractivity contribution < 1.29 is 4.92 Å². The molecule has 0 radical (unpaired) electrons. The van der Waals surface area contributed by atoms with Crippen LogP contribution in [0.5, 0.6) is 0 Å². The number of hydrogen-bond donors (Lipinski definition) is 2. The molecule has 1 heterocycles. The molecule has 0 unspecified atom stereocenters. The molecule has 0 aliphatic carbocycles. The van der Waals surface area contributed by atoms with Gasteiger partial charge in [0.25, 0.3) is 5.69 Å². The number of nitrogens with zero attached hydrogens (tertiary/aromatic N) is 5. The van der Waals surface area contributed by atoms with Crippen LogP contribution in [0.2, 0.25) is 0 Å². The van der Waals surface area contributed by atoms with E-state index < -0.39 is 4.92 Å². The largest absolute Gasteiger partial charge is 0.355 e. The van der Waals surface area contributed by atoms with Gasteiger partial charge in [0.1, 0.15) is 17.3 Å². The van der Waals surface area contributed by atoms with E-state index in [4.69, 9.17) is 5.26 Å². The van der Waals surface area contributed by atoms with Crippen molar-refractivity contribution in [2.75, 3.05) is 5.32 Å². The van der Waals surface area contributed by atoms with E-state index in [1.54, 1.807) is 12.1 Å². The minimum Gasteiger partial charge on any atom is -0.355 e. The van der Waals surface area contributed by atoms with Crippen molar-refractivity contribution in [2.24, 2.45) is 0 Å². The molecule has 0 aliphatic rings. The van der Waals surface area contributed by atoms with Gasteiger partial charge in [-0.25, -0.2) is 0 Å². The van der Waals surface area contributed by atoms with Gasteiger partial charge < -0.3 is 5.32 Å². The van der Waals surface area contributed by atoms with Gasteiger partial charge in [-0.15, -0.1) is 10.2 Å². The summed E-state index contributed by atoms with van der Waals surface area (Å²) in [5.41, 5.74) is 1.28. The lowest BCUT2D eigenvalue weighted by Gasteiger charge is -2.06. The van der Waals surface area contributed by atoms with Crippen molar-refractivity contribution in [1.29, 1.82) is 5.26 Å². The van der Waals surface area contributed by atoms with E-state index >= 15 is 0 Å². The van der Waals surface area contributed by atoms with Gasteiger partial charge >= 0.3 is 0 Å². The van der Waals surface area contributed by atoms with Crippen LogP contribution in [-0.2, 0) is 6.42 Å². The number of nitro benzene ring substituents is 1. The summed E-state index contributed by atoms with van der Waals surface area (Å²) in [6.45, 7) is 2.07. The number of aromatic nitrogens is 4. The quantitative estimate of drug-likeness (QED) is 0.455. The topological polar surface area (TPSA) is 133 Å². The maximum Gasteiger partial charge on any atom is 0.292 e. The molecule has 2 rings (SSSR count). The monoisotopic (exact) mass is 313 g/mol. The third kappa shape index (κ3) is 4.10. The highest BCUT2D eigenvalue weighted by atomic mass is 16.6. The molecule has 0 spiro atoms. The molecule has 2 N–H and O–H groups in total. The number of tetrazole rings is 1. The summed E-state index contributed by atoms with van der Waals surface area (Å²) in [6, 6.07) is 6.92. The van der Waals surface area contributed by atoms with Crippen LogP contribution in [0.15, 0.2) is 24.4 Å². The van der Waals surface area contributed by atoms with Gasteiger partial charge in [0.2, 0.25) is 5.82 Å². The normalized spacial score (nSPS) is 11.0. The minimum atomic E-state index is -0.452. The lowest BCUT2D eigenvalue weighted by molar-refractivity contribution is -0.384. The Bertz CT molecular complexity index is 747. The fourth-order valence-electron chi connectivity index (χ4n) is 1.96. The first-order valence-corrected chi connectivity index (χ1v) is 7.03. The maximum absolute atomic E-state index is 11.2. The van der Waals surface area contributed by atoms with Crippen LogP contribution in [0, 0.1) is 21.4 Å². The molecule has 0 fully saturated rings. The van der Waals surface area contributed by atoms with Crippen molar-refractivity contribution in [3.05, 3.63) is 45.9 Å². The number of unbranched alkanes of at least 4 members (excludes halogenated alkanes) is 1. The Hall–Kier alpha value is -3.28. The van der Waals surface area contributed by atoms with E-state index in [2.05, 4.69) is 32.9 Å². The van der Waals surface area contributed by atoms with E-state index in [1.165, 1.54) is 6.20 Å². The Morgan fingerprint density at radius 2 is 2.39 bits per heavy atom. The van der Waals surface area contributed by atoms with Crippen LogP contribution in [0.4, 0.5) is 11.4 Å². The number of allylic oxidation sites excluding steroid dienone is 1. The Morgan fingerprint density at radius 3 is 3.00 bits per heavy atom. The molecule has 1 aromatic carbocycles. The second-order valence-electron chi connectivity index (χ2n) is 4.76. The number of rotatable bonds is 7. The third-order valence-electron chi connectivity index (χ3n) is 3.16. The smallest absolute Gasteiger partial charge is 0.292 e. The van der Waals surface area contributed by atoms with E-state index in [9.17, 15) is 10.1 Å². The molecular formula is C14H15N7O2. The molecule has 0 atom stereocenters. The summed E-state index contributed by atoms with van der Waals surface area (Å²) >= 11 is 0. The molecule has 0 aliphatic heterocycles. The predicted molar refractivity (Wildman–Crippen MR) is 83.1 cm³/mol. The number of aryl methyl sites for hydroxylation is 1. The van der Waals surface area contributed by atoms with Gasteiger partial charge in [-0.1, -0.05) is 19.4 Å². The van der Waals surface area contributed by atoms with Gasteiger partial charge in [-0.05, 0) is 29.7 Å². The van der Waals surface area contributed by atoms with Crippen molar-refractivity contribution in [3.8, 4) is 6.07 Å². The second kappa shape index (κ2) is 7.65. The molecule has 2 aromatic rings. The van der Waals surface area contributed by atoms with Gasteiger partial charge in [0.15, 0.2) is 0 Å². The molecular weight excluding hydrogens is 298 g/mol. The van der Waals surface area contributed by atoms with Gasteiger partial charge in [0, 0.05) is 12.3 Å². The fraction of sp³-hybridized carbons (Fsp3) is 0.286. The molecule has 9 heteroatoms. The van der Waals surface area contributed by atoms with E-state index in [0.717, 1.165) is 24.8 Å². The Labute approximate surface area is 132 Å². The number of nitriles is 1. The minimum absolute atomic E-state index is 0.0414. The third-order valence-corrected chi connectivity index (χ3v) is 3.16. The molecule has 0 saturated heterocycles. The number of nitro groups is 1. The van der Waals surface area contributed by atoms with Crippen LogP contribution in [0.25, 0.3) is 5.57 Å². The van der Waals surface area contributed by atoms with Crippen molar-refractivity contribution >= 4 is 16.9 Å². The van der Waals surface area contributed by atoms with E-state index in [0.29, 0.717) is 5.69 Å². The predicted octanol–water partition coefficient (Wildman–Crippen LogP) is 2.43. The van der Waals surface area contributed by atoms with Crippen LogP contribution in [0.1, 0.15) is 31.2 Å². The van der Waals surface area contributed by atoms with E-state index in [1.807, 2.05) is 12.1 Å². The average Bonchev–Trinajstić information content (AvgIpc) is 3.08. The average molecular weight is 313 g/mol. The molecule has 0 bridgehead atoms. The first-order chi connectivity index (χ1) is 11.2. The van der Waals surface area contributed by atoms with E-state index in [-0.39, 0.29) is 17.1 Å². The maximum atomic E-state index is 11.2. The highest BCUT2D eigenvalue weighted by Gasteiger charge is 2.14. The first-order valence-electron chi connectivity index (χ1n) is 7.03. The number of anilines is 1. The Balaban J connectivity index is 2.25. The van der Waals surface area contributed by atoms with Crippen LogP contribution in [0.3, 0.4) is 0 Å². The van der Waals surface area contributed by atoms with Crippen molar-refractivity contribution in [2.45, 2.75) is 26.2 Å². The zero-order chi connectivity index (χ0) is 16.7. The number of hydrogen-bond acceptors (Lipinski definition) is 7. The number of H-pyrrole nitrogens is 1. The molecule has 1 aromatic heterocycles. The molecule has 23 heavy (non-hydrogen) atoms. The van der Waals surface area contributed by atoms with Crippen molar-refractivity contribution in [1.82, 2.24) is 20.6 Å². The second-order valence-corrected chi connectivity index (χ2v) is 4.76. The fourth-order valence-corrected chi connectivity index (χ4v) is 1.96. The molecule has 0 amide bonds.